The molecule has 3 heteroatoms. The molecule has 0 unspecified atom stereocenters. The second kappa shape index (κ2) is 12.6. The molecular formula is C25H37NO2. The Kier molecular flexibility index (Phi) is 10.1. The number of ether oxygens (including phenoxy) is 1. The van der Waals surface area contributed by atoms with Crippen molar-refractivity contribution >= 4 is 5.78 Å². The van der Waals surface area contributed by atoms with Crippen LogP contribution in [0.3, 0.4) is 0 Å². The largest absolute Gasteiger partial charge is 0.497 e. The molecule has 0 spiro atoms. The minimum atomic E-state index is 0.0179. The zero-order chi connectivity index (χ0) is 20.2. The number of methoxy groups -OCH3 is 1. The molecule has 0 radical (unpaired) electrons. The molecule has 1 saturated heterocycles. The van der Waals surface area contributed by atoms with Crippen LogP contribution < -0.4 is 4.74 Å². The van der Waals surface area contributed by atoms with Crippen LogP contribution in [0.1, 0.15) is 68.6 Å². The van der Waals surface area contributed by atoms with Gasteiger partial charge in [0.15, 0.2) is 5.78 Å². The molecule has 1 aromatic rings. The molecule has 1 aliphatic rings. The van der Waals surface area contributed by atoms with Gasteiger partial charge in [-0.1, -0.05) is 57.3 Å². The number of carbonyl (C=O) groups excluding carboxylic acids is 1. The lowest BCUT2D eigenvalue weighted by Gasteiger charge is -2.32. The molecule has 0 bridgehead atoms. The first-order valence-corrected chi connectivity index (χ1v) is 10.9. The van der Waals surface area contributed by atoms with E-state index in [9.17, 15) is 4.79 Å². The maximum atomic E-state index is 12.3. The number of allylic oxidation sites excluding steroid dienone is 3. The lowest BCUT2D eigenvalue weighted by Crippen LogP contribution is -2.34. The number of hydrogen-bond acceptors (Lipinski definition) is 3. The highest BCUT2D eigenvalue weighted by atomic mass is 16.5. The van der Waals surface area contributed by atoms with Gasteiger partial charge in [0.1, 0.15) is 5.75 Å². The predicted molar refractivity (Wildman–Crippen MR) is 118 cm³/mol. The summed E-state index contributed by atoms with van der Waals surface area (Å²) < 4.78 is 5.13. The van der Waals surface area contributed by atoms with Crippen LogP contribution in [0.5, 0.6) is 5.75 Å². The van der Waals surface area contributed by atoms with E-state index in [0.29, 0.717) is 11.5 Å². The van der Waals surface area contributed by atoms with Crippen molar-refractivity contribution in [2.24, 2.45) is 5.92 Å². The first-order chi connectivity index (χ1) is 13.6. The zero-order valence-electron chi connectivity index (χ0n) is 17.8. The van der Waals surface area contributed by atoms with Crippen molar-refractivity contribution in [1.29, 1.82) is 0 Å². The van der Waals surface area contributed by atoms with E-state index < -0.39 is 0 Å². The second-order valence-corrected chi connectivity index (χ2v) is 7.88. The van der Waals surface area contributed by atoms with Crippen molar-refractivity contribution in [3.05, 3.63) is 54.1 Å². The number of nitrogens with zero attached hydrogens (tertiary/aromatic N) is 1. The summed E-state index contributed by atoms with van der Waals surface area (Å²) >= 11 is 0. The van der Waals surface area contributed by atoms with Gasteiger partial charge in [0.05, 0.1) is 7.11 Å². The molecule has 1 fully saturated rings. The molecule has 154 valence electrons. The van der Waals surface area contributed by atoms with Gasteiger partial charge in [0.25, 0.3) is 0 Å². The van der Waals surface area contributed by atoms with Crippen LogP contribution in [0.25, 0.3) is 0 Å². The summed E-state index contributed by atoms with van der Waals surface area (Å²) in [6.45, 7) is 10.0. The lowest BCUT2D eigenvalue weighted by atomic mass is 9.89. The molecule has 3 nitrogen and oxygen atoms in total. The number of carbonyl (C=O) groups is 1. The number of ketones is 1. The smallest absolute Gasteiger partial charge is 0.185 e. The van der Waals surface area contributed by atoms with Crippen LogP contribution in [0.15, 0.2) is 48.6 Å². The molecule has 0 atom stereocenters. The lowest BCUT2D eigenvalue weighted by molar-refractivity contribution is 0.104. The van der Waals surface area contributed by atoms with Gasteiger partial charge in [0.2, 0.25) is 0 Å². The summed E-state index contributed by atoms with van der Waals surface area (Å²) in [5, 5.41) is 0. The van der Waals surface area contributed by atoms with E-state index in [4.69, 9.17) is 4.74 Å². The van der Waals surface area contributed by atoms with E-state index in [-0.39, 0.29) is 5.78 Å². The molecule has 0 aliphatic carbocycles. The minimum absolute atomic E-state index is 0.0179. The Morgan fingerprint density at radius 2 is 1.71 bits per heavy atom. The Balaban J connectivity index is 1.68. The molecule has 0 amide bonds. The summed E-state index contributed by atoms with van der Waals surface area (Å²) in [5.74, 6) is 1.28. The Morgan fingerprint density at radius 1 is 1.07 bits per heavy atom. The molecule has 2 rings (SSSR count). The van der Waals surface area contributed by atoms with Crippen LogP contribution in [0.2, 0.25) is 0 Å². The average Bonchev–Trinajstić information content (AvgIpc) is 2.74. The number of likely N-dealkylation sites (tertiary alicyclic amines) is 1. The second-order valence-electron chi connectivity index (χ2n) is 7.88. The van der Waals surface area contributed by atoms with Crippen molar-refractivity contribution in [1.82, 2.24) is 4.90 Å². The summed E-state index contributed by atoms with van der Waals surface area (Å²) in [7, 11) is 1.62. The third-order valence-corrected chi connectivity index (χ3v) is 5.76. The zero-order valence-corrected chi connectivity index (χ0v) is 17.8. The fraction of sp³-hybridized carbons (Fsp3) is 0.560. The van der Waals surface area contributed by atoms with Gasteiger partial charge < -0.3 is 9.64 Å². The molecular weight excluding hydrogens is 346 g/mol. The Bertz CT molecular complexity index is 624. The van der Waals surface area contributed by atoms with Crippen LogP contribution >= 0.6 is 0 Å². The van der Waals surface area contributed by atoms with Gasteiger partial charge in [-0.3, -0.25) is 4.79 Å². The van der Waals surface area contributed by atoms with E-state index in [0.717, 1.165) is 37.3 Å². The molecule has 0 aromatic heterocycles. The van der Waals surface area contributed by atoms with Crippen molar-refractivity contribution in [3.63, 3.8) is 0 Å². The molecule has 0 N–H and O–H groups in total. The maximum Gasteiger partial charge on any atom is 0.185 e. The van der Waals surface area contributed by atoms with Gasteiger partial charge in [0, 0.05) is 5.56 Å². The maximum absolute atomic E-state index is 12.3. The highest BCUT2D eigenvalue weighted by Crippen LogP contribution is 2.25. The quantitative estimate of drug-likeness (QED) is 0.190. The Hall–Kier alpha value is -1.87. The minimum Gasteiger partial charge on any atom is -0.497 e. The number of rotatable bonds is 12. The van der Waals surface area contributed by atoms with Crippen LogP contribution in [-0.4, -0.2) is 37.4 Å². The standard InChI is InChI=1S/C25H37NO2/c1-4-5-6-7-8-9-18-26-19-16-22(17-20-26)21(2)10-15-25(27)23-11-13-24(28-3)14-12-23/h10-15,22H,2,4-9,16-20H2,1,3H3/b15-10+. The molecule has 1 aliphatic heterocycles. The van der Waals surface area contributed by atoms with Crippen LogP contribution in [0.4, 0.5) is 0 Å². The van der Waals surface area contributed by atoms with Crippen molar-refractivity contribution in [2.45, 2.75) is 58.3 Å². The molecule has 1 heterocycles. The molecule has 0 saturated carbocycles. The summed E-state index contributed by atoms with van der Waals surface area (Å²) in [6.07, 6.45) is 14.0. The Morgan fingerprint density at radius 3 is 2.36 bits per heavy atom. The molecule has 28 heavy (non-hydrogen) atoms. The first kappa shape index (κ1) is 22.4. The summed E-state index contributed by atoms with van der Waals surface area (Å²) in [5.41, 5.74) is 1.76. The number of unbranched alkanes of at least 4 members (excludes halogenated alkanes) is 5. The van der Waals surface area contributed by atoms with Crippen LogP contribution in [0, 0.1) is 5.92 Å². The third-order valence-electron chi connectivity index (χ3n) is 5.76. The summed E-state index contributed by atoms with van der Waals surface area (Å²) in [4.78, 5) is 14.9. The monoisotopic (exact) mass is 383 g/mol. The highest BCUT2D eigenvalue weighted by molar-refractivity contribution is 6.04. The third kappa shape index (κ3) is 7.63. The number of hydrogen-bond donors (Lipinski definition) is 0. The van der Waals surface area contributed by atoms with E-state index >= 15 is 0 Å². The first-order valence-electron chi connectivity index (χ1n) is 10.9. The van der Waals surface area contributed by atoms with Gasteiger partial charge in [-0.05, 0) is 75.2 Å². The van der Waals surface area contributed by atoms with Gasteiger partial charge in [-0.15, -0.1) is 0 Å². The van der Waals surface area contributed by atoms with E-state index in [1.807, 2.05) is 18.2 Å². The normalized spacial score (nSPS) is 15.8. The van der Waals surface area contributed by atoms with Crippen molar-refractivity contribution in [2.75, 3.05) is 26.7 Å². The van der Waals surface area contributed by atoms with Gasteiger partial charge in [-0.25, -0.2) is 0 Å². The van der Waals surface area contributed by atoms with Crippen molar-refractivity contribution < 1.29 is 9.53 Å². The van der Waals surface area contributed by atoms with Gasteiger partial charge in [-0.2, -0.15) is 0 Å². The molecule has 1 aromatic carbocycles. The fourth-order valence-corrected chi connectivity index (χ4v) is 3.81. The topological polar surface area (TPSA) is 29.5 Å². The number of benzene rings is 1. The van der Waals surface area contributed by atoms with E-state index in [1.54, 1.807) is 25.3 Å². The fourth-order valence-electron chi connectivity index (χ4n) is 3.81. The SMILES string of the molecule is C=C(/C=C/C(=O)c1ccc(OC)cc1)C1CCN(CCCCCCCC)CC1. The highest BCUT2D eigenvalue weighted by Gasteiger charge is 2.20. The predicted octanol–water partition coefficient (Wildman–Crippen LogP) is 6.06. The van der Waals surface area contributed by atoms with Gasteiger partial charge >= 0.3 is 0 Å². The Labute approximate surface area is 171 Å². The van der Waals surface area contributed by atoms with E-state index in [1.165, 1.54) is 45.1 Å². The number of piperidine rings is 1. The van der Waals surface area contributed by atoms with Crippen molar-refractivity contribution in [3.8, 4) is 5.75 Å². The van der Waals surface area contributed by atoms with Crippen LogP contribution in [-0.2, 0) is 0 Å². The van der Waals surface area contributed by atoms with E-state index in [2.05, 4.69) is 18.4 Å². The summed E-state index contributed by atoms with van der Waals surface area (Å²) in [6, 6.07) is 7.23. The average molecular weight is 384 g/mol.